The smallest absolute Gasteiger partial charge is 0.258 e. The maximum atomic E-state index is 10.7. The molecule has 0 saturated carbocycles. The lowest BCUT2D eigenvalue weighted by molar-refractivity contribution is -0.384. The third-order valence-corrected chi connectivity index (χ3v) is 3.24. The van der Waals surface area contributed by atoms with Crippen molar-refractivity contribution in [1.82, 2.24) is 0 Å². The zero-order valence-corrected chi connectivity index (χ0v) is 11.1. The first-order chi connectivity index (χ1) is 8.49. The van der Waals surface area contributed by atoms with Crippen molar-refractivity contribution in [3.05, 3.63) is 61.6 Å². The van der Waals surface area contributed by atoms with Crippen molar-refractivity contribution in [2.45, 2.75) is 0 Å². The molecule has 0 fully saturated rings. The van der Waals surface area contributed by atoms with E-state index < -0.39 is 4.92 Å². The summed E-state index contributed by atoms with van der Waals surface area (Å²) in [5, 5.41) is 11.7. The van der Waals surface area contributed by atoms with Gasteiger partial charge in [-0.1, -0.05) is 40.9 Å². The molecule has 0 amide bonds. The average Bonchev–Trinajstić information content (AvgIpc) is 2.28. The average molecular weight is 303 g/mol. The van der Waals surface area contributed by atoms with E-state index >= 15 is 0 Å². The van der Waals surface area contributed by atoms with E-state index in [9.17, 15) is 10.1 Å². The van der Waals surface area contributed by atoms with Gasteiger partial charge in [-0.3, -0.25) is 10.1 Å². The summed E-state index contributed by atoms with van der Waals surface area (Å²) in [5.41, 5.74) is 1.29. The SMILES string of the molecule is O=[N+]([O-])c1ccc(-c2ccc(Cl)cc2Cl)cc1Cl. The molecule has 0 unspecified atom stereocenters. The summed E-state index contributed by atoms with van der Waals surface area (Å²) in [6.45, 7) is 0. The summed E-state index contributed by atoms with van der Waals surface area (Å²) in [4.78, 5) is 10.1. The van der Waals surface area contributed by atoms with Crippen LogP contribution in [0.3, 0.4) is 0 Å². The Morgan fingerprint density at radius 2 is 1.67 bits per heavy atom. The molecular formula is C12H6Cl3NO2. The van der Waals surface area contributed by atoms with E-state index in [4.69, 9.17) is 34.8 Å². The van der Waals surface area contributed by atoms with Crippen molar-refractivity contribution in [3.63, 3.8) is 0 Å². The van der Waals surface area contributed by atoms with E-state index in [1.165, 1.54) is 12.1 Å². The van der Waals surface area contributed by atoms with Crippen molar-refractivity contribution in [2.24, 2.45) is 0 Å². The van der Waals surface area contributed by atoms with Crippen LogP contribution < -0.4 is 0 Å². The Labute approximate surface area is 118 Å². The molecule has 0 heterocycles. The van der Waals surface area contributed by atoms with E-state index in [2.05, 4.69) is 0 Å². The fourth-order valence-electron chi connectivity index (χ4n) is 1.55. The van der Waals surface area contributed by atoms with Crippen molar-refractivity contribution in [2.75, 3.05) is 0 Å². The third kappa shape index (κ3) is 2.58. The molecule has 18 heavy (non-hydrogen) atoms. The van der Waals surface area contributed by atoms with Gasteiger partial charge < -0.3 is 0 Å². The topological polar surface area (TPSA) is 43.1 Å². The van der Waals surface area contributed by atoms with Gasteiger partial charge in [0.15, 0.2) is 0 Å². The lowest BCUT2D eigenvalue weighted by Gasteiger charge is -2.05. The summed E-state index contributed by atoms with van der Waals surface area (Å²) in [6, 6.07) is 9.49. The van der Waals surface area contributed by atoms with E-state index in [0.29, 0.717) is 15.6 Å². The minimum atomic E-state index is -0.532. The Morgan fingerprint density at radius 3 is 2.22 bits per heavy atom. The summed E-state index contributed by atoms with van der Waals surface area (Å²) in [7, 11) is 0. The Hall–Kier alpha value is -1.29. The van der Waals surface area contributed by atoms with E-state index in [0.717, 1.165) is 5.56 Å². The summed E-state index contributed by atoms with van der Waals surface area (Å²) < 4.78 is 0. The van der Waals surface area contributed by atoms with E-state index in [-0.39, 0.29) is 10.7 Å². The molecule has 2 aromatic rings. The number of hydrogen-bond donors (Lipinski definition) is 0. The maximum Gasteiger partial charge on any atom is 0.287 e. The van der Waals surface area contributed by atoms with Crippen LogP contribution in [0, 0.1) is 10.1 Å². The molecule has 0 aliphatic rings. The first-order valence-electron chi connectivity index (χ1n) is 4.88. The van der Waals surface area contributed by atoms with Crippen molar-refractivity contribution < 1.29 is 4.92 Å². The fraction of sp³-hybridized carbons (Fsp3) is 0. The van der Waals surface area contributed by atoms with Crippen molar-refractivity contribution in [3.8, 4) is 11.1 Å². The highest BCUT2D eigenvalue weighted by Gasteiger charge is 2.13. The standard InChI is InChI=1S/C12H6Cl3NO2/c13-8-2-3-9(10(14)6-8)7-1-4-12(16(17)18)11(15)5-7/h1-6H. The van der Waals surface area contributed by atoms with E-state index in [1.807, 2.05) is 0 Å². The Kier molecular flexibility index (Phi) is 3.76. The predicted octanol–water partition coefficient (Wildman–Crippen LogP) is 5.22. The zero-order chi connectivity index (χ0) is 13.3. The Morgan fingerprint density at radius 1 is 0.944 bits per heavy atom. The Balaban J connectivity index is 2.52. The van der Waals surface area contributed by atoms with Crippen LogP contribution in [0.2, 0.25) is 15.1 Å². The Bertz CT molecular complexity index is 629. The molecule has 0 radical (unpaired) electrons. The summed E-state index contributed by atoms with van der Waals surface area (Å²) in [5.74, 6) is 0. The molecule has 3 nitrogen and oxygen atoms in total. The molecule has 6 heteroatoms. The van der Waals surface area contributed by atoms with Crippen molar-refractivity contribution in [1.29, 1.82) is 0 Å². The number of nitrogens with zero attached hydrogens (tertiary/aromatic N) is 1. The number of nitro benzene ring substituents is 1. The second kappa shape index (κ2) is 5.14. The molecule has 0 aliphatic heterocycles. The zero-order valence-electron chi connectivity index (χ0n) is 8.86. The molecule has 0 bridgehead atoms. The lowest BCUT2D eigenvalue weighted by atomic mass is 10.1. The molecule has 2 aromatic carbocycles. The number of hydrogen-bond acceptors (Lipinski definition) is 2. The van der Waals surface area contributed by atoms with Gasteiger partial charge in [-0.15, -0.1) is 0 Å². The predicted molar refractivity (Wildman–Crippen MR) is 73.6 cm³/mol. The molecule has 0 spiro atoms. The van der Waals surface area contributed by atoms with Gasteiger partial charge in [-0.25, -0.2) is 0 Å². The maximum absolute atomic E-state index is 10.7. The van der Waals surface area contributed by atoms with Crippen LogP contribution in [0.15, 0.2) is 36.4 Å². The van der Waals surface area contributed by atoms with Gasteiger partial charge in [0.2, 0.25) is 0 Å². The molecule has 92 valence electrons. The number of rotatable bonds is 2. The minimum Gasteiger partial charge on any atom is -0.258 e. The quantitative estimate of drug-likeness (QED) is 0.563. The van der Waals surface area contributed by atoms with Crippen LogP contribution in [0.1, 0.15) is 0 Å². The van der Waals surface area contributed by atoms with Crippen LogP contribution in [-0.4, -0.2) is 4.92 Å². The van der Waals surface area contributed by atoms with Crippen molar-refractivity contribution >= 4 is 40.5 Å². The number of benzene rings is 2. The minimum absolute atomic E-state index is 0.0727. The normalized spacial score (nSPS) is 10.4. The monoisotopic (exact) mass is 301 g/mol. The first-order valence-corrected chi connectivity index (χ1v) is 6.02. The van der Waals surface area contributed by atoms with E-state index in [1.54, 1.807) is 24.3 Å². The number of nitro groups is 1. The second-order valence-corrected chi connectivity index (χ2v) is 4.80. The van der Waals surface area contributed by atoms with Gasteiger partial charge in [0.05, 0.1) is 4.92 Å². The molecule has 0 atom stereocenters. The van der Waals surface area contributed by atoms with Crippen LogP contribution in [0.5, 0.6) is 0 Å². The molecule has 0 aromatic heterocycles. The van der Waals surface area contributed by atoms with Gasteiger partial charge in [-0.05, 0) is 29.8 Å². The largest absolute Gasteiger partial charge is 0.287 e. The molecule has 0 N–H and O–H groups in total. The summed E-state index contributed by atoms with van der Waals surface area (Å²) >= 11 is 17.7. The first kappa shape index (κ1) is 13.1. The van der Waals surface area contributed by atoms with Crippen LogP contribution >= 0.6 is 34.8 Å². The third-order valence-electron chi connectivity index (χ3n) is 2.39. The summed E-state index contributed by atoms with van der Waals surface area (Å²) in [6.07, 6.45) is 0. The highest BCUT2D eigenvalue weighted by atomic mass is 35.5. The van der Waals surface area contributed by atoms with Gasteiger partial charge in [0.1, 0.15) is 5.02 Å². The van der Waals surface area contributed by atoms with Crippen LogP contribution in [0.4, 0.5) is 5.69 Å². The van der Waals surface area contributed by atoms with Gasteiger partial charge in [0, 0.05) is 21.7 Å². The van der Waals surface area contributed by atoms with Crippen LogP contribution in [-0.2, 0) is 0 Å². The van der Waals surface area contributed by atoms with Crippen LogP contribution in [0.25, 0.3) is 11.1 Å². The van der Waals surface area contributed by atoms with Gasteiger partial charge >= 0.3 is 0 Å². The molecular weight excluding hydrogens is 296 g/mol. The highest BCUT2D eigenvalue weighted by Crippen LogP contribution is 2.34. The molecule has 0 saturated heterocycles. The number of halogens is 3. The highest BCUT2D eigenvalue weighted by molar-refractivity contribution is 6.36. The van der Waals surface area contributed by atoms with Gasteiger partial charge in [0.25, 0.3) is 5.69 Å². The van der Waals surface area contributed by atoms with Gasteiger partial charge in [-0.2, -0.15) is 0 Å². The molecule has 2 rings (SSSR count). The second-order valence-electron chi connectivity index (χ2n) is 3.55. The fourth-order valence-corrected chi connectivity index (χ4v) is 2.31. The lowest BCUT2D eigenvalue weighted by Crippen LogP contribution is -1.89. The molecule has 0 aliphatic carbocycles.